The van der Waals surface area contributed by atoms with E-state index in [4.69, 9.17) is 0 Å². The van der Waals surface area contributed by atoms with E-state index in [1.54, 1.807) is 0 Å². The molecule has 1 fully saturated rings. The van der Waals surface area contributed by atoms with Gasteiger partial charge in [0.1, 0.15) is 0 Å². The zero-order valence-corrected chi connectivity index (χ0v) is 20.0. The third-order valence-corrected chi connectivity index (χ3v) is 5.97. The standard InChI is InChI=1S/C21H31N5S.HI/c1-22-21(23-13-7-14-25(2)19-8-4-3-5-9-19)24-18-11-15-26(16-12-18)20-10-6-17-27-20;/h3-6,8-10,17-18H,7,11-16H2,1-2H3,(H2,22,23,24);1H. The number of hydrogen-bond donors (Lipinski definition) is 2. The number of benzene rings is 1. The summed E-state index contributed by atoms with van der Waals surface area (Å²) in [5, 5.41) is 10.6. The molecule has 154 valence electrons. The zero-order valence-electron chi connectivity index (χ0n) is 16.8. The van der Waals surface area contributed by atoms with Crippen LogP contribution in [0.4, 0.5) is 10.7 Å². The summed E-state index contributed by atoms with van der Waals surface area (Å²) in [5.41, 5.74) is 1.26. The maximum atomic E-state index is 4.40. The number of nitrogens with one attached hydrogen (secondary N) is 2. The first kappa shape index (κ1) is 22.8. The van der Waals surface area contributed by atoms with Gasteiger partial charge in [-0.05, 0) is 48.9 Å². The molecule has 1 aromatic carbocycles. The van der Waals surface area contributed by atoms with E-state index in [0.29, 0.717) is 6.04 Å². The highest BCUT2D eigenvalue weighted by Gasteiger charge is 2.20. The number of piperidine rings is 1. The van der Waals surface area contributed by atoms with Crippen molar-refractivity contribution >= 4 is 52.0 Å². The Morgan fingerprint density at radius 3 is 2.57 bits per heavy atom. The van der Waals surface area contributed by atoms with Crippen molar-refractivity contribution in [1.29, 1.82) is 0 Å². The Kier molecular flexibility index (Phi) is 9.91. The normalized spacial score (nSPS) is 15.1. The van der Waals surface area contributed by atoms with Crippen LogP contribution in [0.3, 0.4) is 0 Å². The number of guanidine groups is 1. The Morgan fingerprint density at radius 1 is 1.18 bits per heavy atom. The van der Waals surface area contributed by atoms with Gasteiger partial charge in [-0.25, -0.2) is 0 Å². The number of aliphatic imine (C=N–C) groups is 1. The van der Waals surface area contributed by atoms with Gasteiger partial charge in [0, 0.05) is 52.0 Å². The predicted octanol–water partition coefficient (Wildman–Crippen LogP) is 4.03. The van der Waals surface area contributed by atoms with Crippen LogP contribution in [-0.4, -0.2) is 52.3 Å². The van der Waals surface area contributed by atoms with Crippen LogP contribution >= 0.6 is 35.3 Å². The molecule has 0 spiro atoms. The van der Waals surface area contributed by atoms with E-state index < -0.39 is 0 Å². The topological polar surface area (TPSA) is 42.9 Å². The van der Waals surface area contributed by atoms with Gasteiger partial charge in [0.15, 0.2) is 5.96 Å². The van der Waals surface area contributed by atoms with Gasteiger partial charge < -0.3 is 20.4 Å². The third kappa shape index (κ3) is 6.84. The molecule has 0 unspecified atom stereocenters. The van der Waals surface area contributed by atoms with Crippen molar-refractivity contribution in [3.63, 3.8) is 0 Å². The molecule has 1 aliphatic heterocycles. The highest BCUT2D eigenvalue weighted by molar-refractivity contribution is 14.0. The lowest BCUT2D eigenvalue weighted by molar-refractivity contribution is 0.462. The average Bonchev–Trinajstić information content (AvgIpc) is 3.26. The van der Waals surface area contributed by atoms with E-state index in [1.807, 2.05) is 18.4 Å². The number of anilines is 2. The molecule has 2 aromatic rings. The lowest BCUT2D eigenvalue weighted by atomic mass is 10.1. The molecule has 0 aliphatic carbocycles. The van der Waals surface area contributed by atoms with Crippen molar-refractivity contribution in [2.24, 2.45) is 4.99 Å². The first-order valence-electron chi connectivity index (χ1n) is 9.78. The van der Waals surface area contributed by atoms with Gasteiger partial charge in [-0.3, -0.25) is 4.99 Å². The molecule has 2 heterocycles. The minimum absolute atomic E-state index is 0. The minimum atomic E-state index is 0. The van der Waals surface area contributed by atoms with Crippen LogP contribution in [0.5, 0.6) is 0 Å². The smallest absolute Gasteiger partial charge is 0.191 e. The Morgan fingerprint density at radius 2 is 1.93 bits per heavy atom. The monoisotopic (exact) mass is 513 g/mol. The molecule has 0 bridgehead atoms. The third-order valence-electron chi connectivity index (χ3n) is 5.04. The van der Waals surface area contributed by atoms with E-state index in [1.165, 1.54) is 10.7 Å². The van der Waals surface area contributed by atoms with E-state index in [2.05, 4.69) is 80.3 Å². The van der Waals surface area contributed by atoms with Gasteiger partial charge in [-0.15, -0.1) is 35.3 Å². The van der Waals surface area contributed by atoms with Crippen LogP contribution in [0.2, 0.25) is 0 Å². The first-order valence-corrected chi connectivity index (χ1v) is 10.7. The summed E-state index contributed by atoms with van der Waals surface area (Å²) in [6.45, 7) is 4.16. The average molecular weight is 513 g/mol. The SMILES string of the molecule is CN=C(NCCCN(C)c1ccccc1)NC1CCN(c2cccs2)CC1.I. The van der Waals surface area contributed by atoms with Gasteiger partial charge in [0.2, 0.25) is 0 Å². The lowest BCUT2D eigenvalue weighted by Gasteiger charge is -2.33. The molecule has 0 saturated carbocycles. The van der Waals surface area contributed by atoms with E-state index in [0.717, 1.165) is 51.4 Å². The number of nitrogens with zero attached hydrogens (tertiary/aromatic N) is 3. The van der Waals surface area contributed by atoms with E-state index in [9.17, 15) is 0 Å². The van der Waals surface area contributed by atoms with Crippen LogP contribution in [0.25, 0.3) is 0 Å². The van der Waals surface area contributed by atoms with Crippen molar-refractivity contribution in [3.8, 4) is 0 Å². The fourth-order valence-electron chi connectivity index (χ4n) is 3.42. The summed E-state index contributed by atoms with van der Waals surface area (Å²) in [5.74, 6) is 0.923. The summed E-state index contributed by atoms with van der Waals surface area (Å²) in [6.07, 6.45) is 3.37. The van der Waals surface area contributed by atoms with Crippen molar-refractivity contribution in [1.82, 2.24) is 10.6 Å². The highest BCUT2D eigenvalue weighted by atomic mass is 127. The quantitative estimate of drug-likeness (QED) is 0.254. The zero-order chi connectivity index (χ0) is 18.9. The molecule has 0 amide bonds. The predicted molar refractivity (Wildman–Crippen MR) is 134 cm³/mol. The van der Waals surface area contributed by atoms with Gasteiger partial charge >= 0.3 is 0 Å². The Balaban J connectivity index is 0.00000280. The van der Waals surface area contributed by atoms with Crippen molar-refractivity contribution < 1.29 is 0 Å². The molecule has 3 rings (SSSR count). The molecule has 1 aliphatic rings. The molecule has 7 heteroatoms. The number of thiophene rings is 1. The molecule has 5 nitrogen and oxygen atoms in total. The Bertz CT molecular complexity index is 684. The molecule has 0 atom stereocenters. The summed E-state index contributed by atoms with van der Waals surface area (Å²) >= 11 is 1.83. The van der Waals surface area contributed by atoms with Gasteiger partial charge in [-0.1, -0.05) is 18.2 Å². The molecule has 1 aromatic heterocycles. The molecular formula is C21H32IN5S. The number of halogens is 1. The van der Waals surface area contributed by atoms with Crippen LogP contribution in [0, 0.1) is 0 Å². The van der Waals surface area contributed by atoms with Gasteiger partial charge in [0.05, 0.1) is 5.00 Å². The fraction of sp³-hybridized carbons (Fsp3) is 0.476. The van der Waals surface area contributed by atoms with Crippen molar-refractivity contribution in [2.75, 3.05) is 50.1 Å². The number of rotatable bonds is 7. The van der Waals surface area contributed by atoms with Crippen molar-refractivity contribution in [2.45, 2.75) is 25.3 Å². The van der Waals surface area contributed by atoms with Crippen LogP contribution in [0.1, 0.15) is 19.3 Å². The largest absolute Gasteiger partial charge is 0.375 e. The maximum absolute atomic E-state index is 4.40. The summed E-state index contributed by atoms with van der Waals surface area (Å²) in [4.78, 5) is 9.17. The van der Waals surface area contributed by atoms with Gasteiger partial charge in [0.25, 0.3) is 0 Å². The van der Waals surface area contributed by atoms with Crippen molar-refractivity contribution in [3.05, 3.63) is 47.8 Å². The van der Waals surface area contributed by atoms with E-state index in [-0.39, 0.29) is 24.0 Å². The second-order valence-corrected chi connectivity index (χ2v) is 7.89. The Hall–Kier alpha value is -1.48. The van der Waals surface area contributed by atoms with Crippen LogP contribution < -0.4 is 20.4 Å². The van der Waals surface area contributed by atoms with Gasteiger partial charge in [-0.2, -0.15) is 0 Å². The van der Waals surface area contributed by atoms with Crippen LogP contribution in [0.15, 0.2) is 52.8 Å². The highest BCUT2D eigenvalue weighted by Crippen LogP contribution is 2.24. The summed E-state index contributed by atoms with van der Waals surface area (Å²) in [7, 11) is 4.00. The Labute approximate surface area is 190 Å². The second-order valence-electron chi connectivity index (χ2n) is 6.97. The summed E-state index contributed by atoms with van der Waals surface area (Å²) < 4.78 is 0. The minimum Gasteiger partial charge on any atom is -0.375 e. The maximum Gasteiger partial charge on any atom is 0.191 e. The molecule has 0 radical (unpaired) electrons. The summed E-state index contributed by atoms with van der Waals surface area (Å²) in [6, 6.07) is 15.4. The van der Waals surface area contributed by atoms with E-state index >= 15 is 0 Å². The van der Waals surface area contributed by atoms with Crippen LogP contribution in [-0.2, 0) is 0 Å². The number of para-hydroxylation sites is 1. The number of hydrogen-bond acceptors (Lipinski definition) is 4. The lowest BCUT2D eigenvalue weighted by Crippen LogP contribution is -2.49. The molecule has 2 N–H and O–H groups in total. The fourth-order valence-corrected chi connectivity index (χ4v) is 4.20. The molecular weight excluding hydrogens is 481 g/mol. The molecule has 1 saturated heterocycles. The second kappa shape index (κ2) is 12.2. The first-order chi connectivity index (χ1) is 13.3. The molecule has 28 heavy (non-hydrogen) atoms.